The van der Waals surface area contributed by atoms with Crippen molar-refractivity contribution >= 4 is 27.5 Å². The molecule has 0 aliphatic heterocycles. The van der Waals surface area contributed by atoms with Gasteiger partial charge >= 0.3 is 0 Å². The lowest BCUT2D eigenvalue weighted by Gasteiger charge is -2.34. The topological polar surface area (TPSA) is 86.8 Å². The summed E-state index contributed by atoms with van der Waals surface area (Å²) in [6.07, 6.45) is 6.49. The number of anilines is 1. The molecule has 1 aliphatic carbocycles. The Hall–Kier alpha value is -2.94. The van der Waals surface area contributed by atoms with Gasteiger partial charge in [-0.3, -0.25) is 13.9 Å². The highest BCUT2D eigenvalue weighted by atomic mass is 32.2. The van der Waals surface area contributed by atoms with E-state index in [0.29, 0.717) is 17.7 Å². The van der Waals surface area contributed by atoms with Gasteiger partial charge in [0.1, 0.15) is 18.4 Å². The second-order valence-electron chi connectivity index (χ2n) is 10.0. The van der Waals surface area contributed by atoms with Crippen LogP contribution in [0.25, 0.3) is 0 Å². The highest BCUT2D eigenvalue weighted by molar-refractivity contribution is 7.92. The number of hydrogen-bond donors (Lipinski definition) is 1. The number of carbonyl (C=O) groups is 2. The van der Waals surface area contributed by atoms with Crippen LogP contribution >= 0.6 is 0 Å². The number of aryl methyl sites for hydroxylation is 2. The predicted molar refractivity (Wildman–Crippen MR) is 144 cm³/mol. The van der Waals surface area contributed by atoms with Gasteiger partial charge in [0.2, 0.25) is 21.8 Å². The van der Waals surface area contributed by atoms with Gasteiger partial charge in [0.15, 0.2) is 0 Å². The maximum absolute atomic E-state index is 13.8. The lowest BCUT2D eigenvalue weighted by molar-refractivity contribution is -0.140. The maximum Gasteiger partial charge on any atom is 0.244 e. The van der Waals surface area contributed by atoms with Gasteiger partial charge in [-0.05, 0) is 74.1 Å². The largest absolute Gasteiger partial charge is 0.352 e. The highest BCUT2D eigenvalue weighted by Gasteiger charge is 2.33. The monoisotopic (exact) mass is 531 g/mol. The van der Waals surface area contributed by atoms with Crippen molar-refractivity contribution in [3.63, 3.8) is 0 Å². The Balaban J connectivity index is 1.92. The lowest BCUT2D eigenvalue weighted by Crippen LogP contribution is -2.53. The van der Waals surface area contributed by atoms with Crippen LogP contribution in [0.2, 0.25) is 0 Å². The standard InChI is InChI=1S/C28H38FN3O4S/c1-5-26(28(34)30-24-9-7-6-8-10-24)31(18-22-11-13-23(29)14-12-22)27(33)19-32(37(4,35)36)25-16-20(2)15-21(3)17-25/h11-17,24,26H,5-10,18-19H2,1-4H3,(H,30,34)/t26-/m0/s1. The average molecular weight is 532 g/mol. The zero-order valence-corrected chi connectivity index (χ0v) is 23.0. The Labute approximate surface area is 220 Å². The van der Waals surface area contributed by atoms with Crippen LogP contribution in [0.3, 0.4) is 0 Å². The zero-order chi connectivity index (χ0) is 27.2. The number of halogens is 1. The van der Waals surface area contributed by atoms with E-state index in [1.54, 1.807) is 24.3 Å². The summed E-state index contributed by atoms with van der Waals surface area (Å²) in [7, 11) is -3.80. The lowest BCUT2D eigenvalue weighted by atomic mass is 9.95. The molecule has 0 bridgehead atoms. The van der Waals surface area contributed by atoms with Crippen molar-refractivity contribution in [3.8, 4) is 0 Å². The van der Waals surface area contributed by atoms with Crippen molar-refractivity contribution < 1.29 is 22.4 Å². The van der Waals surface area contributed by atoms with E-state index >= 15 is 0 Å². The molecule has 0 radical (unpaired) electrons. The molecule has 2 aromatic rings. The first-order valence-electron chi connectivity index (χ1n) is 12.9. The zero-order valence-electron chi connectivity index (χ0n) is 22.2. The van der Waals surface area contributed by atoms with E-state index in [2.05, 4.69) is 5.32 Å². The predicted octanol–water partition coefficient (Wildman–Crippen LogP) is 4.46. The number of benzene rings is 2. The molecule has 9 heteroatoms. The molecule has 0 heterocycles. The van der Waals surface area contributed by atoms with Crippen LogP contribution in [0.1, 0.15) is 62.1 Å². The molecule has 1 fully saturated rings. The van der Waals surface area contributed by atoms with Gasteiger partial charge < -0.3 is 10.2 Å². The van der Waals surface area contributed by atoms with Crippen LogP contribution < -0.4 is 9.62 Å². The molecule has 3 rings (SSSR count). The average Bonchev–Trinajstić information content (AvgIpc) is 2.82. The van der Waals surface area contributed by atoms with Crippen molar-refractivity contribution in [1.29, 1.82) is 0 Å². The molecule has 37 heavy (non-hydrogen) atoms. The summed E-state index contributed by atoms with van der Waals surface area (Å²) in [5, 5.41) is 3.11. The third-order valence-electron chi connectivity index (χ3n) is 6.78. The van der Waals surface area contributed by atoms with E-state index in [1.165, 1.54) is 17.0 Å². The number of nitrogens with one attached hydrogen (secondary N) is 1. The molecule has 0 aromatic heterocycles. The van der Waals surface area contributed by atoms with E-state index in [4.69, 9.17) is 0 Å². The molecule has 202 valence electrons. The molecule has 7 nitrogen and oxygen atoms in total. The van der Waals surface area contributed by atoms with E-state index in [1.807, 2.05) is 26.8 Å². The molecule has 0 unspecified atom stereocenters. The van der Waals surface area contributed by atoms with Gasteiger partial charge in [0.25, 0.3) is 0 Å². The second kappa shape index (κ2) is 12.5. The molecular weight excluding hydrogens is 493 g/mol. The first-order chi connectivity index (χ1) is 17.5. The van der Waals surface area contributed by atoms with Gasteiger partial charge in [0.05, 0.1) is 11.9 Å². The van der Waals surface area contributed by atoms with Crippen molar-refractivity contribution in [1.82, 2.24) is 10.2 Å². The van der Waals surface area contributed by atoms with Crippen molar-refractivity contribution in [3.05, 3.63) is 65.0 Å². The van der Waals surface area contributed by atoms with Crippen molar-refractivity contribution in [2.75, 3.05) is 17.1 Å². The molecule has 0 spiro atoms. The van der Waals surface area contributed by atoms with Gasteiger partial charge in [-0.15, -0.1) is 0 Å². The van der Waals surface area contributed by atoms with Gasteiger partial charge in [0, 0.05) is 12.6 Å². The Morgan fingerprint density at radius 2 is 1.62 bits per heavy atom. The van der Waals surface area contributed by atoms with Crippen LogP contribution in [0.5, 0.6) is 0 Å². The fourth-order valence-corrected chi connectivity index (χ4v) is 5.79. The number of hydrogen-bond acceptors (Lipinski definition) is 4. The van der Waals surface area contributed by atoms with E-state index < -0.39 is 34.3 Å². The summed E-state index contributed by atoms with van der Waals surface area (Å²) in [6.45, 7) is 5.16. The first kappa shape index (κ1) is 28.6. The van der Waals surface area contributed by atoms with Crippen LogP contribution in [0, 0.1) is 19.7 Å². The number of rotatable bonds is 10. The normalized spacial score (nSPS) is 15.2. The van der Waals surface area contributed by atoms with Crippen LogP contribution in [0.15, 0.2) is 42.5 Å². The third-order valence-corrected chi connectivity index (χ3v) is 7.92. The Bertz CT molecular complexity index is 1170. The Kier molecular flexibility index (Phi) is 9.70. The number of carbonyl (C=O) groups excluding carboxylic acids is 2. The fourth-order valence-electron chi connectivity index (χ4n) is 4.96. The minimum atomic E-state index is -3.80. The SMILES string of the molecule is CC[C@@H](C(=O)NC1CCCCC1)N(Cc1ccc(F)cc1)C(=O)CN(c1cc(C)cc(C)c1)S(C)(=O)=O. The molecule has 2 amide bonds. The molecule has 0 saturated heterocycles. The minimum Gasteiger partial charge on any atom is -0.352 e. The van der Waals surface area contributed by atoms with E-state index in [0.717, 1.165) is 53.8 Å². The summed E-state index contributed by atoms with van der Waals surface area (Å²) in [5.74, 6) is -1.15. The fraction of sp³-hybridized carbons (Fsp3) is 0.500. The molecule has 1 atom stereocenters. The van der Waals surface area contributed by atoms with Crippen LogP contribution in [0.4, 0.5) is 10.1 Å². The minimum absolute atomic E-state index is 0.0557. The van der Waals surface area contributed by atoms with Crippen LogP contribution in [-0.4, -0.2) is 50.0 Å². The third kappa shape index (κ3) is 8.02. The van der Waals surface area contributed by atoms with E-state index in [9.17, 15) is 22.4 Å². The van der Waals surface area contributed by atoms with Crippen molar-refractivity contribution in [2.45, 2.75) is 77.9 Å². The Morgan fingerprint density at radius 1 is 1.03 bits per heavy atom. The number of nitrogens with zero attached hydrogens (tertiary/aromatic N) is 2. The van der Waals surface area contributed by atoms with Crippen molar-refractivity contribution in [2.24, 2.45) is 0 Å². The van der Waals surface area contributed by atoms with E-state index in [-0.39, 0.29) is 18.5 Å². The number of sulfonamides is 1. The summed E-state index contributed by atoms with van der Waals surface area (Å²) >= 11 is 0. The molecule has 1 N–H and O–H groups in total. The summed E-state index contributed by atoms with van der Waals surface area (Å²) in [4.78, 5) is 28.6. The summed E-state index contributed by atoms with van der Waals surface area (Å²) in [6, 6.07) is 10.4. The Morgan fingerprint density at radius 3 is 2.16 bits per heavy atom. The van der Waals surface area contributed by atoms with Gasteiger partial charge in [-0.1, -0.05) is 44.4 Å². The molecular formula is C28H38FN3O4S. The highest BCUT2D eigenvalue weighted by Crippen LogP contribution is 2.23. The summed E-state index contributed by atoms with van der Waals surface area (Å²) < 4.78 is 40.2. The van der Waals surface area contributed by atoms with Gasteiger partial charge in [-0.2, -0.15) is 0 Å². The molecule has 2 aromatic carbocycles. The number of amides is 2. The summed E-state index contributed by atoms with van der Waals surface area (Å²) in [5.41, 5.74) is 2.79. The second-order valence-corrected chi connectivity index (χ2v) is 11.9. The molecule has 1 saturated carbocycles. The first-order valence-corrected chi connectivity index (χ1v) is 14.7. The van der Waals surface area contributed by atoms with Gasteiger partial charge in [-0.25, -0.2) is 12.8 Å². The molecule has 1 aliphatic rings. The smallest absolute Gasteiger partial charge is 0.244 e. The van der Waals surface area contributed by atoms with Crippen LogP contribution in [-0.2, 0) is 26.2 Å². The quantitative estimate of drug-likeness (QED) is 0.490. The maximum atomic E-state index is 13.8.